The molecule has 0 N–H and O–H groups in total. The summed E-state index contributed by atoms with van der Waals surface area (Å²) in [6.45, 7) is 7.44. The van der Waals surface area contributed by atoms with Crippen LogP contribution < -0.4 is 4.90 Å². The van der Waals surface area contributed by atoms with E-state index < -0.39 is 0 Å². The quantitative estimate of drug-likeness (QED) is 0.768. The van der Waals surface area contributed by atoms with Crippen molar-refractivity contribution in [3.8, 4) is 0 Å². The Balaban J connectivity index is 1.20. The molecule has 2 aliphatic heterocycles. The Hall–Kier alpha value is -1.57. The van der Waals surface area contributed by atoms with Crippen LogP contribution in [-0.2, 0) is 19.5 Å². The highest BCUT2D eigenvalue weighted by Gasteiger charge is 2.23. The van der Waals surface area contributed by atoms with Gasteiger partial charge in [-0.15, -0.1) is 11.3 Å². The fourth-order valence-corrected chi connectivity index (χ4v) is 5.82. The monoisotopic (exact) mass is 412 g/mol. The Morgan fingerprint density at radius 3 is 2.66 bits per heavy atom. The summed E-state index contributed by atoms with van der Waals surface area (Å²) in [5.74, 6) is 1.70. The maximum Gasteiger partial charge on any atom is 0.185 e. The Bertz CT molecular complexity index is 822. The van der Waals surface area contributed by atoms with E-state index in [1.54, 1.807) is 0 Å². The van der Waals surface area contributed by atoms with Crippen molar-refractivity contribution in [2.24, 2.45) is 0 Å². The van der Waals surface area contributed by atoms with Crippen LogP contribution in [-0.4, -0.2) is 64.5 Å². The number of piperazine rings is 1. The maximum absolute atomic E-state index is 4.99. The van der Waals surface area contributed by atoms with E-state index in [2.05, 4.69) is 34.1 Å². The summed E-state index contributed by atoms with van der Waals surface area (Å²) >= 11 is 1.86. The first-order valence-corrected chi connectivity index (χ1v) is 12.0. The van der Waals surface area contributed by atoms with Gasteiger partial charge in [-0.1, -0.05) is 19.3 Å². The Morgan fingerprint density at radius 1 is 1.00 bits per heavy atom. The van der Waals surface area contributed by atoms with E-state index >= 15 is 0 Å². The minimum Gasteiger partial charge on any atom is -0.346 e. The molecule has 1 aliphatic carbocycles. The van der Waals surface area contributed by atoms with Gasteiger partial charge >= 0.3 is 0 Å². The van der Waals surface area contributed by atoms with Crippen LogP contribution in [0, 0.1) is 0 Å². The summed E-state index contributed by atoms with van der Waals surface area (Å²) in [7, 11) is 2.20. The van der Waals surface area contributed by atoms with Crippen molar-refractivity contribution in [1.29, 1.82) is 0 Å². The summed E-state index contributed by atoms with van der Waals surface area (Å²) in [5, 5.41) is 1.19. The molecule has 7 heteroatoms. The molecule has 0 radical (unpaired) electrons. The molecule has 6 nitrogen and oxygen atoms in total. The van der Waals surface area contributed by atoms with Crippen LogP contribution in [0.4, 0.5) is 5.13 Å². The largest absolute Gasteiger partial charge is 0.346 e. The number of nitrogens with zero attached hydrogens (tertiary/aromatic N) is 6. The SMILES string of the molecule is CN1CCN(c2ncc(CN3CCc4nc(C5CCCCC5)ncc4C3)s2)CC1. The summed E-state index contributed by atoms with van der Waals surface area (Å²) in [6.07, 6.45) is 11.8. The molecule has 0 atom stereocenters. The summed E-state index contributed by atoms with van der Waals surface area (Å²) in [5.41, 5.74) is 2.61. The first-order valence-electron chi connectivity index (χ1n) is 11.2. The lowest BCUT2D eigenvalue weighted by molar-refractivity contribution is 0.244. The third-order valence-corrected chi connectivity index (χ3v) is 7.74. The molecule has 0 unspecified atom stereocenters. The second-order valence-corrected chi connectivity index (χ2v) is 9.99. The molecule has 5 rings (SSSR count). The maximum atomic E-state index is 4.99. The highest BCUT2D eigenvalue weighted by atomic mass is 32.1. The average molecular weight is 413 g/mol. The van der Waals surface area contributed by atoms with Gasteiger partial charge in [-0.25, -0.2) is 15.0 Å². The zero-order chi connectivity index (χ0) is 19.6. The van der Waals surface area contributed by atoms with Crippen molar-refractivity contribution in [1.82, 2.24) is 24.8 Å². The van der Waals surface area contributed by atoms with Gasteiger partial charge in [0.25, 0.3) is 0 Å². The lowest BCUT2D eigenvalue weighted by Crippen LogP contribution is -2.44. The number of likely N-dealkylation sites (N-methyl/N-ethyl adjacent to an activating group) is 1. The number of fused-ring (bicyclic) bond motifs is 1. The van der Waals surface area contributed by atoms with Crippen molar-refractivity contribution in [2.75, 3.05) is 44.7 Å². The number of hydrogen-bond donors (Lipinski definition) is 0. The molecular weight excluding hydrogens is 380 g/mol. The summed E-state index contributed by atoms with van der Waals surface area (Å²) in [4.78, 5) is 23.2. The second kappa shape index (κ2) is 8.66. The first kappa shape index (κ1) is 19.4. The minimum absolute atomic E-state index is 0.595. The van der Waals surface area contributed by atoms with Crippen molar-refractivity contribution >= 4 is 16.5 Å². The number of rotatable bonds is 4. The van der Waals surface area contributed by atoms with Gasteiger partial charge in [-0.3, -0.25) is 4.90 Å². The van der Waals surface area contributed by atoms with Crippen LogP contribution in [0.3, 0.4) is 0 Å². The molecule has 3 aliphatic rings. The Labute approximate surface area is 178 Å². The van der Waals surface area contributed by atoms with Gasteiger partial charge in [0.05, 0.1) is 0 Å². The summed E-state index contributed by atoms with van der Waals surface area (Å²) < 4.78 is 0. The van der Waals surface area contributed by atoms with Crippen molar-refractivity contribution in [2.45, 2.75) is 57.5 Å². The lowest BCUT2D eigenvalue weighted by Gasteiger charge is -2.32. The lowest BCUT2D eigenvalue weighted by atomic mass is 9.88. The molecular formula is C22H32N6S. The van der Waals surface area contributed by atoms with Gasteiger partial charge in [-0.05, 0) is 19.9 Å². The van der Waals surface area contributed by atoms with Gasteiger partial charge in [0.1, 0.15) is 5.82 Å². The number of hydrogen-bond acceptors (Lipinski definition) is 7. The van der Waals surface area contributed by atoms with E-state index in [0.29, 0.717) is 5.92 Å². The molecule has 0 bridgehead atoms. The van der Waals surface area contributed by atoms with E-state index in [1.165, 1.54) is 53.4 Å². The van der Waals surface area contributed by atoms with Gasteiger partial charge in [-0.2, -0.15) is 0 Å². The molecule has 29 heavy (non-hydrogen) atoms. The van der Waals surface area contributed by atoms with Gasteiger partial charge in [0.2, 0.25) is 0 Å². The van der Waals surface area contributed by atoms with Gasteiger partial charge in [0, 0.05) is 86.7 Å². The van der Waals surface area contributed by atoms with Crippen LogP contribution in [0.25, 0.3) is 0 Å². The van der Waals surface area contributed by atoms with E-state index in [-0.39, 0.29) is 0 Å². The molecule has 1 saturated carbocycles. The van der Waals surface area contributed by atoms with Crippen LogP contribution in [0.1, 0.15) is 60.0 Å². The summed E-state index contributed by atoms with van der Waals surface area (Å²) in [6, 6.07) is 0. The van der Waals surface area contributed by atoms with Crippen LogP contribution in [0.2, 0.25) is 0 Å². The predicted octanol–water partition coefficient (Wildman–Crippen LogP) is 3.29. The molecule has 2 aromatic heterocycles. The zero-order valence-corrected chi connectivity index (χ0v) is 18.3. The second-order valence-electron chi connectivity index (χ2n) is 8.90. The van der Waals surface area contributed by atoms with Crippen LogP contribution in [0.5, 0.6) is 0 Å². The van der Waals surface area contributed by atoms with Gasteiger partial charge < -0.3 is 9.80 Å². The highest BCUT2D eigenvalue weighted by molar-refractivity contribution is 7.15. The van der Waals surface area contributed by atoms with Crippen molar-refractivity contribution in [3.05, 3.63) is 34.4 Å². The normalized spacial score (nSPS) is 22.0. The molecule has 0 aromatic carbocycles. The molecule has 2 aromatic rings. The molecule has 1 saturated heterocycles. The van der Waals surface area contributed by atoms with Gasteiger partial charge in [0.15, 0.2) is 5.13 Å². The van der Waals surface area contributed by atoms with E-state index in [9.17, 15) is 0 Å². The average Bonchev–Trinajstić information content (AvgIpc) is 3.23. The Kier molecular flexibility index (Phi) is 5.79. The minimum atomic E-state index is 0.595. The number of aromatic nitrogens is 3. The standard InChI is InChI=1S/C22H32N6S/c1-26-9-11-28(12-10-26)22-24-14-19(29-22)16-27-8-7-20-18(15-27)13-23-21(25-20)17-5-3-2-4-6-17/h13-14,17H,2-12,15-16H2,1H3. The van der Waals surface area contributed by atoms with Crippen LogP contribution >= 0.6 is 11.3 Å². The van der Waals surface area contributed by atoms with E-state index in [1.807, 2.05) is 11.3 Å². The highest BCUT2D eigenvalue weighted by Crippen LogP contribution is 2.32. The molecule has 4 heterocycles. The van der Waals surface area contributed by atoms with Crippen molar-refractivity contribution < 1.29 is 0 Å². The molecule has 156 valence electrons. The molecule has 0 spiro atoms. The zero-order valence-electron chi connectivity index (χ0n) is 17.5. The third kappa shape index (κ3) is 4.47. The molecule has 0 amide bonds. The van der Waals surface area contributed by atoms with Crippen LogP contribution in [0.15, 0.2) is 12.4 Å². The fraction of sp³-hybridized carbons (Fsp3) is 0.682. The van der Waals surface area contributed by atoms with E-state index in [0.717, 1.165) is 58.1 Å². The number of thiazole rings is 1. The Morgan fingerprint density at radius 2 is 1.83 bits per heavy atom. The number of anilines is 1. The van der Waals surface area contributed by atoms with E-state index in [4.69, 9.17) is 15.0 Å². The topological polar surface area (TPSA) is 48.4 Å². The fourth-order valence-electron chi connectivity index (χ4n) is 4.82. The first-order chi connectivity index (χ1) is 14.2. The smallest absolute Gasteiger partial charge is 0.185 e. The van der Waals surface area contributed by atoms with Crippen molar-refractivity contribution in [3.63, 3.8) is 0 Å². The predicted molar refractivity (Wildman–Crippen MR) is 118 cm³/mol. The molecule has 2 fully saturated rings. The third-order valence-electron chi connectivity index (χ3n) is 6.70.